The summed E-state index contributed by atoms with van der Waals surface area (Å²) < 4.78 is 22.6. The minimum absolute atomic E-state index is 0.0309. The van der Waals surface area contributed by atoms with E-state index in [9.17, 15) is 13.2 Å². The molecule has 1 aromatic heterocycles. The fourth-order valence-electron chi connectivity index (χ4n) is 1.77. The molecule has 1 fully saturated rings. The lowest BCUT2D eigenvalue weighted by Gasteiger charge is -2.11. The van der Waals surface area contributed by atoms with Gasteiger partial charge in [-0.1, -0.05) is 23.4 Å². The number of carbonyl (C=O) groups is 1. The van der Waals surface area contributed by atoms with Crippen molar-refractivity contribution in [1.29, 1.82) is 0 Å². The van der Waals surface area contributed by atoms with Gasteiger partial charge in [-0.3, -0.25) is 4.79 Å². The van der Waals surface area contributed by atoms with Crippen LogP contribution in [0.15, 0.2) is 11.4 Å². The van der Waals surface area contributed by atoms with Gasteiger partial charge >= 0.3 is 0 Å². The Hall–Kier alpha value is -0.860. The molecule has 104 valence electrons. The second kappa shape index (κ2) is 5.64. The zero-order valence-electron chi connectivity index (χ0n) is 10.1. The molecule has 2 heterocycles. The predicted octanol–water partition coefficient (Wildman–Crippen LogP) is 0.769. The Morgan fingerprint density at radius 3 is 2.89 bits per heavy atom. The topological polar surface area (TPSA) is 89.0 Å². The second-order valence-corrected chi connectivity index (χ2v) is 7.54. The van der Waals surface area contributed by atoms with Crippen LogP contribution in [0.3, 0.4) is 0 Å². The number of aromatic nitrogens is 2. The monoisotopic (exact) mass is 321 g/mol. The Labute approximate surface area is 120 Å². The molecule has 19 heavy (non-hydrogen) atoms. The molecule has 1 amide bonds. The number of hydrogen-bond donors (Lipinski definition) is 1. The summed E-state index contributed by atoms with van der Waals surface area (Å²) in [5, 5.41) is 3.23. The van der Waals surface area contributed by atoms with E-state index < -0.39 is 15.7 Å². The molecule has 1 N–H and O–H groups in total. The van der Waals surface area contributed by atoms with Crippen molar-refractivity contribution in [2.45, 2.75) is 17.6 Å². The van der Waals surface area contributed by atoms with Crippen LogP contribution < -0.4 is 5.32 Å². The lowest BCUT2D eigenvalue weighted by molar-refractivity contribution is 0.0935. The maximum atomic E-state index is 12.0. The van der Waals surface area contributed by atoms with Crippen molar-refractivity contribution in [2.75, 3.05) is 17.8 Å². The summed E-state index contributed by atoms with van der Waals surface area (Å²) in [5.41, 5.74) is 0.0744. The first-order valence-electron chi connectivity index (χ1n) is 5.49. The highest BCUT2D eigenvalue weighted by atomic mass is 35.5. The van der Waals surface area contributed by atoms with Crippen LogP contribution in [0.1, 0.15) is 16.9 Å². The van der Waals surface area contributed by atoms with Gasteiger partial charge in [0.2, 0.25) is 0 Å². The fraction of sp³-hybridized carbons (Fsp3) is 0.500. The number of sulfone groups is 1. The number of amides is 1. The molecule has 1 atom stereocenters. The summed E-state index contributed by atoms with van der Waals surface area (Å²) in [5.74, 6) is -0.396. The van der Waals surface area contributed by atoms with E-state index in [0.29, 0.717) is 11.6 Å². The molecule has 1 aliphatic rings. The third-order valence-electron chi connectivity index (χ3n) is 2.69. The van der Waals surface area contributed by atoms with Crippen LogP contribution in [0.2, 0.25) is 5.02 Å². The standard InChI is InChI=1S/C10H12ClN3O3S2/c1-18-10-12-4-7(11)8(14-10)9(15)13-6-2-3-19(16,17)5-6/h4,6H,2-3,5H2,1H3,(H,13,15)/t6-/m1/s1. The molecule has 0 saturated carbocycles. The zero-order chi connectivity index (χ0) is 14.0. The van der Waals surface area contributed by atoms with Crippen molar-refractivity contribution < 1.29 is 13.2 Å². The van der Waals surface area contributed by atoms with Gasteiger partial charge in [-0.2, -0.15) is 0 Å². The third-order valence-corrected chi connectivity index (χ3v) is 5.29. The highest BCUT2D eigenvalue weighted by Crippen LogP contribution is 2.18. The van der Waals surface area contributed by atoms with E-state index in [-0.39, 0.29) is 28.3 Å². The number of thioether (sulfide) groups is 1. The molecule has 9 heteroatoms. The van der Waals surface area contributed by atoms with Gasteiger partial charge in [0.15, 0.2) is 20.7 Å². The normalized spacial score (nSPS) is 21.3. The highest BCUT2D eigenvalue weighted by molar-refractivity contribution is 7.98. The first-order valence-corrected chi connectivity index (χ1v) is 8.91. The Bertz CT molecular complexity index is 606. The van der Waals surface area contributed by atoms with Crippen molar-refractivity contribution in [3.63, 3.8) is 0 Å². The number of nitrogens with one attached hydrogen (secondary N) is 1. The SMILES string of the molecule is CSc1ncc(Cl)c(C(=O)N[C@@H]2CCS(=O)(=O)C2)n1. The summed E-state index contributed by atoms with van der Waals surface area (Å²) in [4.78, 5) is 20.0. The smallest absolute Gasteiger partial charge is 0.271 e. The van der Waals surface area contributed by atoms with E-state index in [4.69, 9.17) is 11.6 Å². The van der Waals surface area contributed by atoms with E-state index in [1.807, 2.05) is 0 Å². The van der Waals surface area contributed by atoms with Crippen LogP contribution in [0.4, 0.5) is 0 Å². The number of halogens is 1. The summed E-state index contributed by atoms with van der Waals surface area (Å²) >= 11 is 7.17. The average molecular weight is 322 g/mol. The summed E-state index contributed by atoms with van der Waals surface area (Å²) in [6.45, 7) is 0. The quantitative estimate of drug-likeness (QED) is 0.653. The molecule has 0 spiro atoms. The Morgan fingerprint density at radius 1 is 1.58 bits per heavy atom. The van der Waals surface area contributed by atoms with E-state index in [2.05, 4.69) is 15.3 Å². The number of hydrogen-bond acceptors (Lipinski definition) is 6. The van der Waals surface area contributed by atoms with Gasteiger partial charge in [-0.05, 0) is 12.7 Å². The van der Waals surface area contributed by atoms with Gasteiger partial charge in [-0.25, -0.2) is 18.4 Å². The van der Waals surface area contributed by atoms with Crippen LogP contribution in [0, 0.1) is 0 Å². The molecule has 2 rings (SSSR count). The lowest BCUT2D eigenvalue weighted by atomic mass is 10.2. The minimum atomic E-state index is -3.03. The summed E-state index contributed by atoms with van der Waals surface area (Å²) in [6, 6.07) is -0.374. The van der Waals surface area contributed by atoms with Gasteiger partial charge in [0, 0.05) is 6.04 Å². The van der Waals surface area contributed by atoms with Gasteiger partial charge < -0.3 is 5.32 Å². The molecule has 1 saturated heterocycles. The van der Waals surface area contributed by atoms with Crippen LogP contribution in [0.25, 0.3) is 0 Å². The minimum Gasteiger partial charge on any atom is -0.347 e. The van der Waals surface area contributed by atoms with Crippen molar-refractivity contribution in [3.8, 4) is 0 Å². The van der Waals surface area contributed by atoms with Gasteiger partial charge in [0.05, 0.1) is 22.7 Å². The van der Waals surface area contributed by atoms with Crippen LogP contribution in [-0.2, 0) is 9.84 Å². The molecule has 1 aromatic rings. The zero-order valence-corrected chi connectivity index (χ0v) is 12.5. The predicted molar refractivity (Wildman–Crippen MR) is 73.3 cm³/mol. The summed E-state index contributed by atoms with van der Waals surface area (Å²) in [7, 11) is -3.03. The maximum absolute atomic E-state index is 12.0. The molecule has 6 nitrogen and oxygen atoms in total. The van der Waals surface area contributed by atoms with Crippen molar-refractivity contribution in [3.05, 3.63) is 16.9 Å². The Balaban J connectivity index is 2.12. The maximum Gasteiger partial charge on any atom is 0.271 e. The van der Waals surface area contributed by atoms with E-state index in [0.717, 1.165) is 0 Å². The van der Waals surface area contributed by atoms with E-state index >= 15 is 0 Å². The molecular weight excluding hydrogens is 310 g/mol. The third kappa shape index (κ3) is 3.58. The molecule has 0 aromatic carbocycles. The second-order valence-electron chi connectivity index (χ2n) is 4.13. The largest absolute Gasteiger partial charge is 0.347 e. The van der Waals surface area contributed by atoms with Crippen molar-refractivity contribution in [1.82, 2.24) is 15.3 Å². The first kappa shape index (κ1) is 14.5. The van der Waals surface area contributed by atoms with Crippen molar-refractivity contribution in [2.24, 2.45) is 0 Å². The molecule has 0 unspecified atom stereocenters. The highest BCUT2D eigenvalue weighted by Gasteiger charge is 2.29. The lowest BCUT2D eigenvalue weighted by Crippen LogP contribution is -2.36. The Kier molecular flexibility index (Phi) is 4.32. The molecule has 0 bridgehead atoms. The number of carbonyl (C=O) groups excluding carboxylic acids is 1. The van der Waals surface area contributed by atoms with E-state index in [1.165, 1.54) is 18.0 Å². The number of nitrogens with zero attached hydrogens (tertiary/aromatic N) is 2. The van der Waals surface area contributed by atoms with Crippen LogP contribution in [-0.4, -0.2) is 48.1 Å². The van der Waals surface area contributed by atoms with Crippen LogP contribution >= 0.6 is 23.4 Å². The van der Waals surface area contributed by atoms with Gasteiger partial charge in [0.25, 0.3) is 5.91 Å². The first-order chi connectivity index (χ1) is 8.91. The molecule has 0 radical (unpaired) electrons. The molecular formula is C10H12ClN3O3S2. The summed E-state index contributed by atoms with van der Waals surface area (Å²) in [6.07, 6.45) is 3.57. The van der Waals surface area contributed by atoms with Crippen molar-refractivity contribution >= 4 is 39.1 Å². The van der Waals surface area contributed by atoms with Crippen LogP contribution in [0.5, 0.6) is 0 Å². The number of rotatable bonds is 3. The Morgan fingerprint density at radius 2 is 2.32 bits per heavy atom. The molecule has 0 aliphatic carbocycles. The molecule has 1 aliphatic heterocycles. The van der Waals surface area contributed by atoms with Gasteiger partial charge in [0.1, 0.15) is 0 Å². The van der Waals surface area contributed by atoms with Gasteiger partial charge in [-0.15, -0.1) is 0 Å². The van der Waals surface area contributed by atoms with E-state index in [1.54, 1.807) is 6.26 Å². The fourth-order valence-corrected chi connectivity index (χ4v) is 3.96. The average Bonchev–Trinajstić information content (AvgIpc) is 2.69.